The second kappa shape index (κ2) is 27.9. The number of carbonyl (C=O) groups excluding carboxylic acids is 1. The minimum atomic E-state index is -1.30. The summed E-state index contributed by atoms with van der Waals surface area (Å²) in [5.74, 6) is -4.73. The second-order valence-corrected chi connectivity index (χ2v) is 11.1. The zero-order valence-electron chi connectivity index (χ0n) is 30.1. The predicted octanol–water partition coefficient (Wildman–Crippen LogP) is 3.97. The highest BCUT2D eigenvalue weighted by atomic mass is 19.1. The fraction of sp³-hybridized carbons (Fsp3) is 0.583. The van der Waals surface area contributed by atoms with Crippen molar-refractivity contribution < 1.29 is 65.3 Å². The molecule has 0 amide bonds. The summed E-state index contributed by atoms with van der Waals surface area (Å²) >= 11 is 0. The van der Waals surface area contributed by atoms with Gasteiger partial charge in [0.1, 0.15) is 23.9 Å². The molecule has 0 unspecified atom stereocenters. The molecule has 53 heavy (non-hydrogen) atoms. The van der Waals surface area contributed by atoms with Crippen molar-refractivity contribution >= 4 is 5.97 Å². The standard InChI is InChI=1S/C36H50F3N3O11/c1-2-29-3-5-32(6-4-29)52-24-23-50-20-19-48-17-18-49-21-22-51-28-31-27-42(41-40-31)8-10-45-12-14-47-16-15-46-13-11-44-9-7-35(43)53-36-33(38)25-30(37)26-34(36)39/h3-6,25-27H,2,7-24,28H2,1H3. The molecule has 0 saturated carbocycles. The number of ether oxygens (including phenoxy) is 10. The number of aromatic nitrogens is 3. The van der Waals surface area contributed by atoms with Gasteiger partial charge in [0.05, 0.1) is 125 Å². The summed E-state index contributed by atoms with van der Waals surface area (Å²) in [4.78, 5) is 11.7. The highest BCUT2D eigenvalue weighted by Gasteiger charge is 2.16. The van der Waals surface area contributed by atoms with Gasteiger partial charge in [-0.25, -0.2) is 17.9 Å². The zero-order valence-corrected chi connectivity index (χ0v) is 30.1. The van der Waals surface area contributed by atoms with E-state index < -0.39 is 29.2 Å². The summed E-state index contributed by atoms with van der Waals surface area (Å²) in [6.45, 7) is 9.10. The smallest absolute Gasteiger partial charge is 0.313 e. The second-order valence-electron chi connectivity index (χ2n) is 11.1. The Labute approximate surface area is 307 Å². The Hall–Kier alpha value is -3.68. The maximum atomic E-state index is 13.5. The molecule has 0 spiro atoms. The zero-order chi connectivity index (χ0) is 37.8. The molecule has 1 aromatic heterocycles. The van der Waals surface area contributed by atoms with Crippen LogP contribution in [0.25, 0.3) is 0 Å². The molecule has 0 aliphatic rings. The summed E-state index contributed by atoms with van der Waals surface area (Å²) in [6.07, 6.45) is 2.56. The van der Waals surface area contributed by atoms with Gasteiger partial charge in [-0.2, -0.15) is 0 Å². The van der Waals surface area contributed by atoms with Crippen LogP contribution in [0.4, 0.5) is 13.2 Å². The highest BCUT2D eigenvalue weighted by molar-refractivity contribution is 5.72. The number of benzene rings is 2. The Bertz CT molecular complexity index is 1380. The van der Waals surface area contributed by atoms with Crippen LogP contribution in [-0.2, 0) is 62.3 Å². The summed E-state index contributed by atoms with van der Waals surface area (Å²) in [5.41, 5.74) is 1.99. The molecule has 17 heteroatoms. The molecule has 3 rings (SSSR count). The van der Waals surface area contributed by atoms with Crippen LogP contribution in [0.15, 0.2) is 42.6 Å². The fourth-order valence-electron chi connectivity index (χ4n) is 4.26. The van der Waals surface area contributed by atoms with E-state index in [9.17, 15) is 18.0 Å². The number of esters is 1. The van der Waals surface area contributed by atoms with E-state index in [1.807, 2.05) is 12.1 Å². The molecule has 0 fully saturated rings. The molecule has 296 valence electrons. The number of nitrogens with zero attached hydrogens (tertiary/aromatic N) is 3. The van der Waals surface area contributed by atoms with Crippen molar-refractivity contribution in [1.29, 1.82) is 0 Å². The topological polar surface area (TPSA) is 140 Å². The van der Waals surface area contributed by atoms with E-state index in [4.69, 9.17) is 42.6 Å². The van der Waals surface area contributed by atoms with Crippen LogP contribution < -0.4 is 9.47 Å². The molecular weight excluding hydrogens is 707 g/mol. The first kappa shape index (κ1) is 43.7. The van der Waals surface area contributed by atoms with Gasteiger partial charge in [0.2, 0.25) is 5.75 Å². The number of hydrogen-bond donors (Lipinski definition) is 0. The van der Waals surface area contributed by atoms with E-state index in [1.165, 1.54) is 5.56 Å². The summed E-state index contributed by atoms with van der Waals surface area (Å²) in [7, 11) is 0. The molecule has 14 nitrogen and oxygen atoms in total. The molecule has 0 saturated heterocycles. The first-order valence-electron chi connectivity index (χ1n) is 17.5. The Morgan fingerprint density at radius 3 is 1.68 bits per heavy atom. The van der Waals surface area contributed by atoms with Crippen molar-refractivity contribution in [3.63, 3.8) is 0 Å². The summed E-state index contributed by atoms with van der Waals surface area (Å²) in [5, 5.41) is 8.16. The Morgan fingerprint density at radius 2 is 1.13 bits per heavy atom. The van der Waals surface area contributed by atoms with Gasteiger partial charge in [-0.3, -0.25) is 4.79 Å². The van der Waals surface area contributed by atoms with Crippen LogP contribution in [0.5, 0.6) is 11.5 Å². The normalized spacial score (nSPS) is 11.3. The lowest BCUT2D eigenvalue weighted by molar-refractivity contribution is -0.136. The first-order chi connectivity index (χ1) is 25.9. The van der Waals surface area contributed by atoms with Gasteiger partial charge in [-0.15, -0.1) is 5.10 Å². The van der Waals surface area contributed by atoms with Gasteiger partial charge in [-0.1, -0.05) is 24.3 Å². The molecule has 0 radical (unpaired) electrons. The Morgan fingerprint density at radius 1 is 0.642 bits per heavy atom. The third kappa shape index (κ3) is 20.4. The molecule has 0 atom stereocenters. The number of hydrogen-bond acceptors (Lipinski definition) is 13. The van der Waals surface area contributed by atoms with Crippen molar-refractivity contribution in [2.75, 3.05) is 106 Å². The van der Waals surface area contributed by atoms with Gasteiger partial charge >= 0.3 is 5.97 Å². The summed E-state index contributed by atoms with van der Waals surface area (Å²) in [6, 6.07) is 8.92. The quantitative estimate of drug-likeness (QED) is 0.0516. The van der Waals surface area contributed by atoms with Crippen LogP contribution in [0.1, 0.15) is 24.6 Å². The number of carbonyl (C=O) groups is 1. The average molecular weight is 758 g/mol. The van der Waals surface area contributed by atoms with E-state index >= 15 is 0 Å². The van der Waals surface area contributed by atoms with Gasteiger partial charge < -0.3 is 47.4 Å². The van der Waals surface area contributed by atoms with E-state index in [-0.39, 0.29) is 26.2 Å². The van der Waals surface area contributed by atoms with Crippen molar-refractivity contribution in [2.45, 2.75) is 32.9 Å². The molecule has 0 N–H and O–H groups in total. The fourth-order valence-corrected chi connectivity index (χ4v) is 4.26. The molecule has 0 aliphatic carbocycles. The lowest BCUT2D eigenvalue weighted by Crippen LogP contribution is -2.15. The number of halogens is 3. The van der Waals surface area contributed by atoms with Crippen molar-refractivity contribution in [3.05, 3.63) is 71.3 Å². The number of rotatable bonds is 32. The Kier molecular flexibility index (Phi) is 23.0. The monoisotopic (exact) mass is 757 g/mol. The minimum absolute atomic E-state index is 0.0392. The molecular formula is C36H50F3N3O11. The van der Waals surface area contributed by atoms with Crippen LogP contribution in [0.2, 0.25) is 0 Å². The third-order valence-corrected chi connectivity index (χ3v) is 6.99. The van der Waals surface area contributed by atoms with E-state index in [0.29, 0.717) is 117 Å². The van der Waals surface area contributed by atoms with Gasteiger partial charge in [-0.05, 0) is 24.1 Å². The average Bonchev–Trinajstić information content (AvgIpc) is 3.61. The van der Waals surface area contributed by atoms with E-state index in [2.05, 4.69) is 34.1 Å². The molecule has 0 bridgehead atoms. The summed E-state index contributed by atoms with van der Waals surface area (Å²) < 4.78 is 95.6. The van der Waals surface area contributed by atoms with Crippen LogP contribution in [-0.4, -0.2) is 127 Å². The van der Waals surface area contributed by atoms with E-state index in [0.717, 1.165) is 12.2 Å². The van der Waals surface area contributed by atoms with Gasteiger partial charge in [0.15, 0.2) is 11.6 Å². The predicted molar refractivity (Wildman–Crippen MR) is 183 cm³/mol. The largest absolute Gasteiger partial charge is 0.491 e. The molecule has 0 aliphatic heterocycles. The lowest BCUT2D eigenvalue weighted by Gasteiger charge is -2.08. The van der Waals surface area contributed by atoms with Gasteiger partial charge in [0, 0.05) is 12.1 Å². The molecule has 1 heterocycles. The Balaban J connectivity index is 1.01. The minimum Gasteiger partial charge on any atom is -0.491 e. The lowest BCUT2D eigenvalue weighted by atomic mass is 10.2. The number of aryl methyl sites for hydroxylation is 1. The third-order valence-electron chi connectivity index (χ3n) is 6.99. The maximum Gasteiger partial charge on any atom is 0.313 e. The van der Waals surface area contributed by atoms with Crippen molar-refractivity contribution in [2.24, 2.45) is 0 Å². The molecule has 2 aromatic carbocycles. The van der Waals surface area contributed by atoms with Gasteiger partial charge in [0.25, 0.3) is 0 Å². The van der Waals surface area contributed by atoms with Crippen molar-refractivity contribution in [3.8, 4) is 11.5 Å². The van der Waals surface area contributed by atoms with Crippen LogP contribution >= 0.6 is 0 Å². The first-order valence-corrected chi connectivity index (χ1v) is 17.5. The highest BCUT2D eigenvalue weighted by Crippen LogP contribution is 2.23. The van der Waals surface area contributed by atoms with Crippen molar-refractivity contribution in [1.82, 2.24) is 15.0 Å². The molecule has 3 aromatic rings. The van der Waals surface area contributed by atoms with Crippen LogP contribution in [0.3, 0.4) is 0 Å². The van der Waals surface area contributed by atoms with Crippen LogP contribution in [0, 0.1) is 17.5 Å². The maximum absolute atomic E-state index is 13.5. The SMILES string of the molecule is CCc1ccc(OCCOCCOCCOCCOCc2cn(CCOCCOCCOCCOCCC(=O)Oc3c(F)cc(F)cc3F)nn2)cc1. The van der Waals surface area contributed by atoms with E-state index in [1.54, 1.807) is 10.9 Å².